The van der Waals surface area contributed by atoms with Gasteiger partial charge in [-0.3, -0.25) is 0 Å². The zero-order valence-electron chi connectivity index (χ0n) is 10.3. The summed E-state index contributed by atoms with van der Waals surface area (Å²) in [6.07, 6.45) is 2.04. The number of fused-ring (bicyclic) bond motifs is 1. The fourth-order valence-corrected chi connectivity index (χ4v) is 2.33. The molecule has 0 spiro atoms. The van der Waals surface area contributed by atoms with Crippen LogP contribution in [0.25, 0.3) is 0 Å². The molecule has 1 aliphatic heterocycles. The van der Waals surface area contributed by atoms with E-state index >= 15 is 0 Å². The summed E-state index contributed by atoms with van der Waals surface area (Å²) < 4.78 is 13.4. The third-order valence-corrected chi connectivity index (χ3v) is 3.24. The smallest absolute Gasteiger partial charge is 0.125 e. The number of benzene rings is 1. The van der Waals surface area contributed by atoms with Crippen molar-refractivity contribution in [1.29, 1.82) is 0 Å². The van der Waals surface area contributed by atoms with Crippen molar-refractivity contribution in [3.8, 4) is 0 Å². The van der Waals surface area contributed by atoms with E-state index in [2.05, 4.69) is 16.8 Å². The Kier molecular flexibility index (Phi) is 3.84. The number of nitrogens with two attached hydrogens (primary N) is 1. The molecule has 1 aromatic rings. The predicted octanol–water partition coefficient (Wildman–Crippen LogP) is 1.82. The highest BCUT2D eigenvalue weighted by molar-refractivity contribution is 5.71. The molecule has 3 nitrogen and oxygen atoms in total. The second-order valence-corrected chi connectivity index (χ2v) is 4.54. The van der Waals surface area contributed by atoms with Gasteiger partial charge in [0.15, 0.2) is 0 Å². The summed E-state index contributed by atoms with van der Waals surface area (Å²) >= 11 is 0. The summed E-state index contributed by atoms with van der Waals surface area (Å²) in [6.45, 7) is 3.57. The Balaban J connectivity index is 2.31. The first-order valence-electron chi connectivity index (χ1n) is 6.18. The van der Waals surface area contributed by atoms with Crippen LogP contribution in [0.1, 0.15) is 12.8 Å². The molecule has 1 heterocycles. The van der Waals surface area contributed by atoms with Gasteiger partial charge < -0.3 is 15.5 Å². The zero-order chi connectivity index (χ0) is 12.3. The fraction of sp³-hybridized carbons (Fsp3) is 0.538. The van der Waals surface area contributed by atoms with Crippen LogP contribution in [-0.4, -0.2) is 33.2 Å². The summed E-state index contributed by atoms with van der Waals surface area (Å²) in [5, 5.41) is 0. The molecule has 2 N–H and O–H groups in total. The van der Waals surface area contributed by atoms with Crippen molar-refractivity contribution in [3.05, 3.63) is 24.0 Å². The number of hydrogen-bond acceptors (Lipinski definition) is 3. The highest BCUT2D eigenvalue weighted by atomic mass is 19.1. The van der Waals surface area contributed by atoms with Crippen LogP contribution in [0, 0.1) is 5.82 Å². The van der Waals surface area contributed by atoms with E-state index in [1.54, 1.807) is 6.07 Å². The van der Waals surface area contributed by atoms with Crippen LogP contribution >= 0.6 is 0 Å². The van der Waals surface area contributed by atoms with Crippen molar-refractivity contribution in [3.63, 3.8) is 0 Å². The molecule has 0 aliphatic carbocycles. The number of halogens is 1. The minimum absolute atomic E-state index is 0.170. The molecule has 0 atom stereocenters. The molecule has 0 aromatic heterocycles. The molecule has 1 aliphatic rings. The third-order valence-electron chi connectivity index (χ3n) is 3.24. The molecule has 94 valence electrons. The Morgan fingerprint density at radius 2 is 2.12 bits per heavy atom. The van der Waals surface area contributed by atoms with Crippen molar-refractivity contribution in [2.45, 2.75) is 12.8 Å². The Morgan fingerprint density at radius 1 is 1.29 bits per heavy atom. The maximum Gasteiger partial charge on any atom is 0.125 e. The lowest BCUT2D eigenvalue weighted by molar-refractivity contribution is 0.626. The second kappa shape index (κ2) is 5.36. The van der Waals surface area contributed by atoms with Crippen molar-refractivity contribution in [2.75, 3.05) is 43.0 Å². The van der Waals surface area contributed by atoms with Gasteiger partial charge in [-0.2, -0.15) is 0 Å². The molecule has 0 saturated carbocycles. The first-order valence-corrected chi connectivity index (χ1v) is 6.18. The number of hydrogen-bond donors (Lipinski definition) is 1. The lowest BCUT2D eigenvalue weighted by Crippen LogP contribution is -2.26. The van der Waals surface area contributed by atoms with Crippen LogP contribution in [0.4, 0.5) is 15.8 Å². The minimum Gasteiger partial charge on any atom is -0.373 e. The lowest BCUT2D eigenvalue weighted by Gasteiger charge is -2.25. The summed E-state index contributed by atoms with van der Waals surface area (Å²) in [5.74, 6) is -0.170. The van der Waals surface area contributed by atoms with Crippen molar-refractivity contribution in [2.24, 2.45) is 5.73 Å². The summed E-state index contributed by atoms with van der Waals surface area (Å²) in [4.78, 5) is 4.44. The molecule has 2 rings (SSSR count). The van der Waals surface area contributed by atoms with Crippen molar-refractivity contribution >= 4 is 11.4 Å². The molecule has 0 unspecified atom stereocenters. The van der Waals surface area contributed by atoms with Crippen LogP contribution in [0.2, 0.25) is 0 Å². The van der Waals surface area contributed by atoms with Crippen LogP contribution in [-0.2, 0) is 0 Å². The van der Waals surface area contributed by atoms with E-state index in [1.165, 1.54) is 6.07 Å². The van der Waals surface area contributed by atoms with E-state index in [0.717, 1.165) is 43.9 Å². The van der Waals surface area contributed by atoms with Crippen molar-refractivity contribution < 1.29 is 4.39 Å². The lowest BCUT2D eigenvalue weighted by atomic mass is 10.2. The third kappa shape index (κ3) is 2.69. The first kappa shape index (κ1) is 12.2. The second-order valence-electron chi connectivity index (χ2n) is 4.54. The largest absolute Gasteiger partial charge is 0.373 e. The van der Waals surface area contributed by atoms with Gasteiger partial charge in [0.05, 0.1) is 11.4 Å². The van der Waals surface area contributed by atoms with E-state index in [-0.39, 0.29) is 5.82 Å². The molecule has 0 amide bonds. The zero-order valence-corrected chi connectivity index (χ0v) is 10.3. The fourth-order valence-electron chi connectivity index (χ4n) is 2.33. The van der Waals surface area contributed by atoms with E-state index in [0.29, 0.717) is 6.54 Å². The Morgan fingerprint density at radius 3 is 2.88 bits per heavy atom. The first-order chi connectivity index (χ1) is 8.22. The Labute approximate surface area is 102 Å². The molecular weight excluding hydrogens is 217 g/mol. The van der Waals surface area contributed by atoms with E-state index in [9.17, 15) is 4.39 Å². The Hall–Kier alpha value is -1.29. The van der Waals surface area contributed by atoms with Gasteiger partial charge in [-0.25, -0.2) is 4.39 Å². The molecule has 17 heavy (non-hydrogen) atoms. The quantitative estimate of drug-likeness (QED) is 0.870. The maximum atomic E-state index is 13.4. The molecule has 0 saturated heterocycles. The molecule has 0 fully saturated rings. The topological polar surface area (TPSA) is 32.5 Å². The Bertz CT molecular complexity index is 381. The van der Waals surface area contributed by atoms with Gasteiger partial charge in [-0.05, 0) is 37.6 Å². The molecular formula is C13H20FN3. The van der Waals surface area contributed by atoms with Gasteiger partial charge in [0.2, 0.25) is 0 Å². The monoisotopic (exact) mass is 237 g/mol. The minimum atomic E-state index is -0.170. The number of rotatable bonds is 3. The maximum absolute atomic E-state index is 13.4. The highest BCUT2D eigenvalue weighted by Gasteiger charge is 2.18. The van der Waals surface area contributed by atoms with Crippen LogP contribution < -0.4 is 15.5 Å². The van der Waals surface area contributed by atoms with Crippen molar-refractivity contribution in [1.82, 2.24) is 0 Å². The van der Waals surface area contributed by atoms with Gasteiger partial charge in [-0.1, -0.05) is 0 Å². The summed E-state index contributed by atoms with van der Waals surface area (Å²) in [6, 6.07) is 5.03. The normalized spacial score (nSPS) is 15.7. The van der Waals surface area contributed by atoms with Gasteiger partial charge in [0.1, 0.15) is 5.82 Å². The van der Waals surface area contributed by atoms with E-state index in [1.807, 2.05) is 6.07 Å². The van der Waals surface area contributed by atoms with E-state index < -0.39 is 0 Å². The van der Waals surface area contributed by atoms with Gasteiger partial charge in [0.25, 0.3) is 0 Å². The predicted molar refractivity (Wildman–Crippen MR) is 70.2 cm³/mol. The van der Waals surface area contributed by atoms with Gasteiger partial charge in [0, 0.05) is 26.7 Å². The number of anilines is 2. The average molecular weight is 237 g/mol. The standard InChI is InChI=1S/C13H20FN3/c1-16-7-3-9-17(8-2-6-15)13-10-11(14)4-5-12(13)16/h4-5,10H,2-3,6-9,15H2,1H3. The van der Waals surface area contributed by atoms with Crippen LogP contribution in [0.15, 0.2) is 18.2 Å². The van der Waals surface area contributed by atoms with Gasteiger partial charge >= 0.3 is 0 Å². The SMILES string of the molecule is CN1CCCN(CCCN)c2cc(F)ccc21. The molecule has 0 bridgehead atoms. The average Bonchev–Trinajstić information content (AvgIpc) is 2.46. The molecule has 0 radical (unpaired) electrons. The number of nitrogens with zero attached hydrogens (tertiary/aromatic N) is 2. The summed E-state index contributed by atoms with van der Waals surface area (Å²) in [5.41, 5.74) is 7.66. The highest BCUT2D eigenvalue weighted by Crippen LogP contribution is 2.32. The van der Waals surface area contributed by atoms with Crippen LogP contribution in [0.3, 0.4) is 0 Å². The van der Waals surface area contributed by atoms with E-state index in [4.69, 9.17) is 5.73 Å². The summed E-state index contributed by atoms with van der Waals surface area (Å²) in [7, 11) is 2.06. The molecule has 4 heteroatoms. The van der Waals surface area contributed by atoms with Crippen LogP contribution in [0.5, 0.6) is 0 Å². The van der Waals surface area contributed by atoms with Gasteiger partial charge in [-0.15, -0.1) is 0 Å². The molecule has 1 aromatic carbocycles.